The van der Waals surface area contributed by atoms with Gasteiger partial charge < -0.3 is 9.88 Å². The molecular formula is C15H15N5O. The zero-order chi connectivity index (χ0) is 14.7. The molecule has 0 unspecified atom stereocenters. The summed E-state index contributed by atoms with van der Waals surface area (Å²) in [7, 11) is 1.74. The van der Waals surface area contributed by atoms with Gasteiger partial charge in [0.05, 0.1) is 30.5 Å². The zero-order valence-corrected chi connectivity index (χ0v) is 11.6. The van der Waals surface area contributed by atoms with E-state index < -0.39 is 0 Å². The van der Waals surface area contributed by atoms with Crippen LogP contribution in [-0.4, -0.2) is 38.0 Å². The van der Waals surface area contributed by atoms with Crippen molar-refractivity contribution in [3.05, 3.63) is 60.3 Å². The van der Waals surface area contributed by atoms with E-state index in [0.717, 1.165) is 17.0 Å². The average Bonchev–Trinajstić information content (AvgIpc) is 3.19. The van der Waals surface area contributed by atoms with Crippen LogP contribution in [0.2, 0.25) is 0 Å². The van der Waals surface area contributed by atoms with Gasteiger partial charge in [-0.05, 0) is 6.07 Å². The molecule has 6 nitrogen and oxygen atoms in total. The maximum absolute atomic E-state index is 12.1. The second-order valence-electron chi connectivity index (χ2n) is 4.77. The fourth-order valence-electron chi connectivity index (χ4n) is 2.11. The minimum absolute atomic E-state index is 0.108. The van der Waals surface area contributed by atoms with Gasteiger partial charge in [-0.15, -0.1) is 0 Å². The minimum Gasteiger partial charge on any atom is -0.341 e. The molecule has 0 fully saturated rings. The van der Waals surface area contributed by atoms with Crippen LogP contribution in [0, 0.1) is 0 Å². The zero-order valence-electron chi connectivity index (χ0n) is 11.6. The van der Waals surface area contributed by atoms with Gasteiger partial charge in [-0.2, -0.15) is 5.10 Å². The van der Waals surface area contributed by atoms with E-state index in [2.05, 4.69) is 20.2 Å². The second-order valence-corrected chi connectivity index (χ2v) is 4.77. The molecule has 21 heavy (non-hydrogen) atoms. The van der Waals surface area contributed by atoms with E-state index in [1.807, 2.05) is 36.4 Å². The number of benzene rings is 1. The molecule has 0 radical (unpaired) electrons. The van der Waals surface area contributed by atoms with Crippen molar-refractivity contribution in [3.63, 3.8) is 0 Å². The van der Waals surface area contributed by atoms with Crippen molar-refractivity contribution in [2.75, 3.05) is 7.05 Å². The van der Waals surface area contributed by atoms with Crippen molar-refractivity contribution in [3.8, 4) is 11.3 Å². The molecule has 2 aromatic heterocycles. The Morgan fingerprint density at radius 2 is 2.10 bits per heavy atom. The summed E-state index contributed by atoms with van der Waals surface area (Å²) in [5, 5.41) is 7.24. The monoisotopic (exact) mass is 281 g/mol. The molecule has 2 heterocycles. The Bertz CT molecular complexity index is 718. The van der Waals surface area contributed by atoms with Gasteiger partial charge in [-0.1, -0.05) is 30.3 Å². The van der Waals surface area contributed by atoms with Crippen LogP contribution < -0.4 is 0 Å². The summed E-state index contributed by atoms with van der Waals surface area (Å²) >= 11 is 0. The number of aromatic amines is 2. The Kier molecular flexibility index (Phi) is 3.51. The van der Waals surface area contributed by atoms with Gasteiger partial charge in [-0.3, -0.25) is 9.89 Å². The molecule has 0 saturated heterocycles. The fraction of sp³-hybridized carbons (Fsp3) is 0.133. The number of imidazole rings is 1. The number of rotatable bonds is 4. The molecule has 6 heteroatoms. The lowest BCUT2D eigenvalue weighted by Crippen LogP contribution is -2.26. The fourth-order valence-corrected chi connectivity index (χ4v) is 2.11. The number of carbonyl (C=O) groups excluding carboxylic acids is 1. The first kappa shape index (κ1) is 13.1. The number of hydrogen-bond donors (Lipinski definition) is 2. The number of nitrogens with one attached hydrogen (secondary N) is 2. The van der Waals surface area contributed by atoms with E-state index in [1.54, 1.807) is 11.9 Å². The molecule has 0 aliphatic rings. The van der Waals surface area contributed by atoms with Crippen LogP contribution in [0.3, 0.4) is 0 Å². The third-order valence-electron chi connectivity index (χ3n) is 3.18. The summed E-state index contributed by atoms with van der Waals surface area (Å²) in [4.78, 5) is 20.4. The highest BCUT2D eigenvalue weighted by atomic mass is 16.2. The third-order valence-corrected chi connectivity index (χ3v) is 3.18. The summed E-state index contributed by atoms with van der Waals surface area (Å²) in [5.41, 5.74) is 3.26. The smallest absolute Gasteiger partial charge is 0.272 e. The molecule has 0 aliphatic heterocycles. The normalized spacial score (nSPS) is 10.5. The molecular weight excluding hydrogens is 266 g/mol. The van der Waals surface area contributed by atoms with Gasteiger partial charge in [0.25, 0.3) is 5.91 Å². The first-order chi connectivity index (χ1) is 10.2. The van der Waals surface area contributed by atoms with Crippen LogP contribution in [0.25, 0.3) is 11.3 Å². The molecule has 0 spiro atoms. The van der Waals surface area contributed by atoms with Crippen LogP contribution in [0.5, 0.6) is 0 Å². The maximum Gasteiger partial charge on any atom is 0.272 e. The minimum atomic E-state index is -0.108. The Balaban J connectivity index is 1.71. The standard InChI is InChI=1S/C15H15N5O/c1-20(15(21)14-8-16-10-17-14)9-12-7-13(19-18-12)11-5-3-2-4-6-11/h2-8,10H,9H2,1H3,(H,16,17)(H,18,19). The van der Waals surface area contributed by atoms with Crippen LogP contribution in [0.4, 0.5) is 0 Å². The van der Waals surface area contributed by atoms with Gasteiger partial charge in [0.15, 0.2) is 0 Å². The van der Waals surface area contributed by atoms with Crippen molar-refractivity contribution in [1.29, 1.82) is 0 Å². The molecule has 3 aromatic rings. The van der Waals surface area contributed by atoms with Crippen LogP contribution >= 0.6 is 0 Å². The lowest BCUT2D eigenvalue weighted by Gasteiger charge is -2.14. The predicted octanol–water partition coefficient (Wildman–Crippen LogP) is 2.07. The van der Waals surface area contributed by atoms with Gasteiger partial charge in [0.1, 0.15) is 5.69 Å². The maximum atomic E-state index is 12.1. The van der Waals surface area contributed by atoms with Gasteiger partial charge in [-0.25, -0.2) is 4.98 Å². The number of nitrogens with zero attached hydrogens (tertiary/aromatic N) is 3. The van der Waals surface area contributed by atoms with E-state index in [-0.39, 0.29) is 5.91 Å². The molecule has 0 atom stereocenters. The van der Waals surface area contributed by atoms with Crippen LogP contribution in [-0.2, 0) is 6.54 Å². The van der Waals surface area contributed by atoms with E-state index in [0.29, 0.717) is 12.2 Å². The lowest BCUT2D eigenvalue weighted by atomic mass is 10.1. The predicted molar refractivity (Wildman–Crippen MR) is 78.4 cm³/mol. The van der Waals surface area contributed by atoms with E-state index in [9.17, 15) is 4.79 Å². The summed E-state index contributed by atoms with van der Waals surface area (Å²) in [5.74, 6) is -0.108. The van der Waals surface area contributed by atoms with Crippen molar-refractivity contribution in [1.82, 2.24) is 25.1 Å². The number of aromatic nitrogens is 4. The highest BCUT2D eigenvalue weighted by Crippen LogP contribution is 2.17. The molecule has 0 bridgehead atoms. The van der Waals surface area contributed by atoms with Gasteiger partial charge in [0, 0.05) is 12.6 Å². The SMILES string of the molecule is CN(Cc1cc(-c2ccccc2)n[nH]1)C(=O)c1cnc[nH]1. The van der Waals surface area contributed by atoms with Crippen molar-refractivity contribution < 1.29 is 4.79 Å². The molecule has 1 amide bonds. The summed E-state index contributed by atoms with van der Waals surface area (Å²) in [6.45, 7) is 0.456. The Morgan fingerprint density at radius 1 is 1.29 bits per heavy atom. The number of amides is 1. The molecule has 0 aliphatic carbocycles. The van der Waals surface area contributed by atoms with E-state index in [4.69, 9.17) is 0 Å². The molecule has 1 aromatic carbocycles. The van der Waals surface area contributed by atoms with Crippen LogP contribution in [0.15, 0.2) is 48.9 Å². The lowest BCUT2D eigenvalue weighted by molar-refractivity contribution is 0.0778. The Labute approximate surface area is 121 Å². The number of hydrogen-bond acceptors (Lipinski definition) is 3. The van der Waals surface area contributed by atoms with Crippen molar-refractivity contribution in [2.45, 2.75) is 6.54 Å². The highest BCUT2D eigenvalue weighted by Gasteiger charge is 2.14. The summed E-state index contributed by atoms with van der Waals surface area (Å²) in [6.07, 6.45) is 3.01. The first-order valence-corrected chi connectivity index (χ1v) is 6.57. The van der Waals surface area contributed by atoms with E-state index >= 15 is 0 Å². The number of H-pyrrole nitrogens is 2. The summed E-state index contributed by atoms with van der Waals surface area (Å²) in [6, 6.07) is 11.9. The molecule has 0 saturated carbocycles. The van der Waals surface area contributed by atoms with Crippen molar-refractivity contribution >= 4 is 5.91 Å². The van der Waals surface area contributed by atoms with Gasteiger partial charge in [0.2, 0.25) is 0 Å². The first-order valence-electron chi connectivity index (χ1n) is 6.57. The third kappa shape index (κ3) is 2.84. The Hall–Kier alpha value is -2.89. The van der Waals surface area contributed by atoms with Crippen molar-refractivity contribution in [2.24, 2.45) is 0 Å². The average molecular weight is 281 g/mol. The Morgan fingerprint density at radius 3 is 2.81 bits per heavy atom. The second kappa shape index (κ2) is 5.62. The largest absolute Gasteiger partial charge is 0.341 e. The van der Waals surface area contributed by atoms with Crippen LogP contribution in [0.1, 0.15) is 16.2 Å². The molecule has 2 N–H and O–H groups in total. The number of carbonyl (C=O) groups is 1. The summed E-state index contributed by atoms with van der Waals surface area (Å²) < 4.78 is 0. The quantitative estimate of drug-likeness (QED) is 0.768. The topological polar surface area (TPSA) is 77.7 Å². The molecule has 106 valence electrons. The van der Waals surface area contributed by atoms with Gasteiger partial charge >= 0.3 is 0 Å². The molecule has 3 rings (SSSR count). The highest BCUT2D eigenvalue weighted by molar-refractivity contribution is 5.91. The van der Waals surface area contributed by atoms with E-state index in [1.165, 1.54) is 12.5 Å².